The second kappa shape index (κ2) is 7.08. The highest BCUT2D eigenvalue weighted by Gasteiger charge is 2.24. The zero-order valence-corrected chi connectivity index (χ0v) is 14.9. The standard InChI is InChI=1S/C17H24N6O2/c1-12-18-7-10-22(12)8-4-5-15(24)23-9-6-13-14(11-23)19-17(21(2)3)20-16(13)25/h7,10H,4-6,8-9,11H2,1-3H3,(H,19,20,25). The Morgan fingerprint density at radius 1 is 1.40 bits per heavy atom. The maximum Gasteiger partial charge on any atom is 0.255 e. The van der Waals surface area contributed by atoms with E-state index in [1.165, 1.54) is 0 Å². The molecule has 25 heavy (non-hydrogen) atoms. The molecule has 3 rings (SSSR count). The van der Waals surface area contributed by atoms with Crippen LogP contribution in [0.3, 0.4) is 0 Å². The molecule has 0 radical (unpaired) electrons. The molecule has 3 heterocycles. The van der Waals surface area contributed by atoms with Crippen LogP contribution in [0.2, 0.25) is 0 Å². The van der Waals surface area contributed by atoms with Crippen LogP contribution in [-0.2, 0) is 24.3 Å². The number of aromatic amines is 1. The van der Waals surface area contributed by atoms with E-state index in [-0.39, 0.29) is 11.5 Å². The van der Waals surface area contributed by atoms with Crippen molar-refractivity contribution < 1.29 is 4.79 Å². The van der Waals surface area contributed by atoms with Gasteiger partial charge in [-0.1, -0.05) is 0 Å². The molecular formula is C17H24N6O2. The lowest BCUT2D eigenvalue weighted by molar-refractivity contribution is -0.132. The fourth-order valence-electron chi connectivity index (χ4n) is 3.05. The summed E-state index contributed by atoms with van der Waals surface area (Å²) in [5, 5.41) is 0. The molecule has 0 saturated carbocycles. The monoisotopic (exact) mass is 344 g/mol. The van der Waals surface area contributed by atoms with Crippen molar-refractivity contribution in [2.45, 2.75) is 39.3 Å². The molecule has 0 spiro atoms. The van der Waals surface area contributed by atoms with E-state index in [0.717, 1.165) is 18.8 Å². The lowest BCUT2D eigenvalue weighted by atomic mass is 10.1. The zero-order chi connectivity index (χ0) is 18.0. The van der Waals surface area contributed by atoms with E-state index in [9.17, 15) is 9.59 Å². The quantitative estimate of drug-likeness (QED) is 0.863. The van der Waals surface area contributed by atoms with Gasteiger partial charge in [0.2, 0.25) is 11.9 Å². The van der Waals surface area contributed by atoms with Gasteiger partial charge in [-0.05, 0) is 19.8 Å². The lowest BCUT2D eigenvalue weighted by Crippen LogP contribution is -2.39. The summed E-state index contributed by atoms with van der Waals surface area (Å²) in [5.41, 5.74) is 1.30. The molecule has 0 aromatic carbocycles. The van der Waals surface area contributed by atoms with E-state index in [2.05, 4.69) is 15.0 Å². The Morgan fingerprint density at radius 3 is 2.88 bits per heavy atom. The Morgan fingerprint density at radius 2 is 2.20 bits per heavy atom. The van der Waals surface area contributed by atoms with Crippen LogP contribution in [0.25, 0.3) is 0 Å². The minimum Gasteiger partial charge on any atom is -0.348 e. The highest BCUT2D eigenvalue weighted by atomic mass is 16.2. The van der Waals surface area contributed by atoms with Crippen molar-refractivity contribution in [2.75, 3.05) is 25.5 Å². The van der Waals surface area contributed by atoms with Gasteiger partial charge in [0.05, 0.1) is 12.2 Å². The summed E-state index contributed by atoms with van der Waals surface area (Å²) in [6.45, 7) is 3.71. The third kappa shape index (κ3) is 3.72. The highest BCUT2D eigenvalue weighted by Crippen LogP contribution is 2.17. The van der Waals surface area contributed by atoms with Crippen molar-refractivity contribution >= 4 is 11.9 Å². The van der Waals surface area contributed by atoms with Gasteiger partial charge in [0.15, 0.2) is 0 Å². The molecule has 1 aliphatic heterocycles. The van der Waals surface area contributed by atoms with Crippen molar-refractivity contribution in [1.29, 1.82) is 0 Å². The largest absolute Gasteiger partial charge is 0.348 e. The molecule has 0 bridgehead atoms. The van der Waals surface area contributed by atoms with Crippen LogP contribution in [0.15, 0.2) is 17.2 Å². The Balaban J connectivity index is 1.62. The number of H-pyrrole nitrogens is 1. The number of hydrogen-bond acceptors (Lipinski definition) is 5. The molecule has 8 heteroatoms. The number of carbonyl (C=O) groups excluding carboxylic acids is 1. The van der Waals surface area contributed by atoms with Gasteiger partial charge in [-0.2, -0.15) is 0 Å². The first-order valence-electron chi connectivity index (χ1n) is 8.50. The predicted octanol–water partition coefficient (Wildman–Crippen LogP) is 0.706. The van der Waals surface area contributed by atoms with Crippen molar-refractivity contribution in [3.05, 3.63) is 39.8 Å². The summed E-state index contributed by atoms with van der Waals surface area (Å²) >= 11 is 0. The van der Waals surface area contributed by atoms with Crippen LogP contribution in [0.4, 0.5) is 5.95 Å². The minimum absolute atomic E-state index is 0.101. The maximum atomic E-state index is 12.5. The number of aryl methyl sites for hydroxylation is 2. The molecule has 1 N–H and O–H groups in total. The van der Waals surface area contributed by atoms with Crippen LogP contribution in [0, 0.1) is 6.92 Å². The second-order valence-electron chi connectivity index (χ2n) is 6.55. The number of carbonyl (C=O) groups is 1. The number of imidazole rings is 1. The van der Waals surface area contributed by atoms with Crippen LogP contribution in [0.5, 0.6) is 0 Å². The molecule has 2 aromatic heterocycles. The van der Waals surface area contributed by atoms with E-state index in [1.807, 2.05) is 31.8 Å². The predicted molar refractivity (Wildman–Crippen MR) is 94.5 cm³/mol. The zero-order valence-electron chi connectivity index (χ0n) is 14.9. The van der Waals surface area contributed by atoms with Gasteiger partial charge in [-0.25, -0.2) is 9.97 Å². The van der Waals surface area contributed by atoms with Gasteiger partial charge in [0.25, 0.3) is 5.56 Å². The first-order chi connectivity index (χ1) is 12.0. The molecule has 0 fully saturated rings. The average Bonchev–Trinajstić information content (AvgIpc) is 2.99. The topological polar surface area (TPSA) is 87.1 Å². The highest BCUT2D eigenvalue weighted by molar-refractivity contribution is 5.76. The SMILES string of the molecule is Cc1nccn1CCCC(=O)N1CCc2c(nc(N(C)C)[nH]c2=O)C1. The van der Waals surface area contributed by atoms with Crippen molar-refractivity contribution in [3.63, 3.8) is 0 Å². The number of nitrogens with zero attached hydrogens (tertiary/aromatic N) is 5. The van der Waals surface area contributed by atoms with E-state index in [0.29, 0.717) is 43.1 Å². The van der Waals surface area contributed by atoms with Crippen LogP contribution >= 0.6 is 0 Å². The number of anilines is 1. The van der Waals surface area contributed by atoms with Gasteiger partial charge in [0, 0.05) is 51.6 Å². The maximum absolute atomic E-state index is 12.5. The Labute approximate surface area is 146 Å². The number of hydrogen-bond donors (Lipinski definition) is 1. The molecule has 2 aromatic rings. The van der Waals surface area contributed by atoms with Gasteiger partial charge in [-0.15, -0.1) is 0 Å². The average molecular weight is 344 g/mol. The minimum atomic E-state index is -0.101. The molecule has 0 atom stereocenters. The number of nitrogens with one attached hydrogen (secondary N) is 1. The lowest BCUT2D eigenvalue weighted by Gasteiger charge is -2.28. The molecule has 1 aliphatic rings. The summed E-state index contributed by atoms with van der Waals surface area (Å²) < 4.78 is 2.04. The van der Waals surface area contributed by atoms with Gasteiger partial charge < -0.3 is 14.4 Å². The Kier molecular flexibility index (Phi) is 4.87. The van der Waals surface area contributed by atoms with Crippen LogP contribution in [-0.4, -0.2) is 51.0 Å². The van der Waals surface area contributed by atoms with Crippen molar-refractivity contribution in [3.8, 4) is 0 Å². The van der Waals surface area contributed by atoms with Gasteiger partial charge >= 0.3 is 0 Å². The summed E-state index contributed by atoms with van der Waals surface area (Å²) in [7, 11) is 3.66. The van der Waals surface area contributed by atoms with Crippen molar-refractivity contribution in [1.82, 2.24) is 24.4 Å². The summed E-state index contributed by atoms with van der Waals surface area (Å²) in [6, 6.07) is 0. The van der Waals surface area contributed by atoms with E-state index in [1.54, 1.807) is 16.0 Å². The fourth-order valence-corrected chi connectivity index (χ4v) is 3.05. The summed E-state index contributed by atoms with van der Waals surface area (Å²) in [4.78, 5) is 39.7. The smallest absolute Gasteiger partial charge is 0.255 e. The normalized spacial score (nSPS) is 13.6. The molecule has 0 saturated heterocycles. The number of amides is 1. The van der Waals surface area contributed by atoms with Crippen LogP contribution in [0.1, 0.15) is 29.9 Å². The van der Waals surface area contributed by atoms with Gasteiger partial charge in [-0.3, -0.25) is 14.6 Å². The first kappa shape index (κ1) is 17.2. The van der Waals surface area contributed by atoms with Crippen molar-refractivity contribution in [2.24, 2.45) is 0 Å². The fraction of sp³-hybridized carbons (Fsp3) is 0.529. The van der Waals surface area contributed by atoms with Gasteiger partial charge in [0.1, 0.15) is 5.82 Å². The third-order valence-electron chi connectivity index (χ3n) is 4.55. The number of aromatic nitrogens is 4. The Hall–Kier alpha value is -2.64. The van der Waals surface area contributed by atoms with E-state index < -0.39 is 0 Å². The van der Waals surface area contributed by atoms with Crippen LogP contribution < -0.4 is 10.5 Å². The summed E-state index contributed by atoms with van der Waals surface area (Å²) in [5.74, 6) is 1.59. The third-order valence-corrected chi connectivity index (χ3v) is 4.55. The van der Waals surface area contributed by atoms with E-state index in [4.69, 9.17) is 0 Å². The number of fused-ring (bicyclic) bond motifs is 1. The molecule has 0 aliphatic carbocycles. The molecule has 0 unspecified atom stereocenters. The Bertz CT molecular complexity index is 823. The first-order valence-corrected chi connectivity index (χ1v) is 8.50. The second-order valence-corrected chi connectivity index (χ2v) is 6.55. The van der Waals surface area contributed by atoms with E-state index >= 15 is 0 Å². The molecule has 134 valence electrons. The molecule has 8 nitrogen and oxygen atoms in total. The summed E-state index contributed by atoms with van der Waals surface area (Å²) in [6.07, 6.45) is 5.50. The number of rotatable bonds is 5. The molecule has 1 amide bonds. The molecular weight excluding hydrogens is 320 g/mol.